The van der Waals surface area contributed by atoms with Gasteiger partial charge in [0.25, 0.3) is 0 Å². The Bertz CT molecular complexity index is 133. The normalized spacial score (nSPS) is 32.2. The van der Waals surface area contributed by atoms with Gasteiger partial charge in [-0.15, -0.1) is 0 Å². The summed E-state index contributed by atoms with van der Waals surface area (Å²) >= 11 is 0. The molecule has 1 heterocycles. The Morgan fingerprint density at radius 2 is 2.27 bits per heavy atom. The second-order valence-corrected chi connectivity index (χ2v) is 3.34. The fourth-order valence-corrected chi connectivity index (χ4v) is 1.17. The van der Waals surface area contributed by atoms with Gasteiger partial charge in [0, 0.05) is 0 Å². The van der Waals surface area contributed by atoms with Gasteiger partial charge in [0.2, 0.25) is 0 Å². The average molecular weight is 160 g/mol. The molecule has 3 nitrogen and oxygen atoms in total. The maximum atomic E-state index is 9.38. The van der Waals surface area contributed by atoms with Gasteiger partial charge in [-0.05, 0) is 20.3 Å². The van der Waals surface area contributed by atoms with Crippen molar-refractivity contribution in [1.29, 1.82) is 0 Å². The second kappa shape index (κ2) is 3.09. The molecule has 0 saturated carbocycles. The lowest BCUT2D eigenvalue weighted by Gasteiger charge is -2.19. The van der Waals surface area contributed by atoms with E-state index in [1.54, 1.807) is 0 Å². The maximum Gasteiger partial charge on any atom is 0.163 e. The van der Waals surface area contributed by atoms with Gasteiger partial charge in [-0.1, -0.05) is 6.92 Å². The van der Waals surface area contributed by atoms with Crippen molar-refractivity contribution in [3.05, 3.63) is 0 Å². The van der Waals surface area contributed by atoms with Crippen molar-refractivity contribution in [2.45, 2.75) is 45.2 Å². The Labute approximate surface area is 67.3 Å². The largest absolute Gasteiger partial charge is 0.390 e. The first-order valence-corrected chi connectivity index (χ1v) is 4.05. The molecule has 0 aliphatic carbocycles. The summed E-state index contributed by atoms with van der Waals surface area (Å²) in [6.07, 6.45) is 0.177. The summed E-state index contributed by atoms with van der Waals surface area (Å²) in [5.74, 6) is -0.513. The molecule has 1 rings (SSSR count). The molecule has 1 fully saturated rings. The van der Waals surface area contributed by atoms with Gasteiger partial charge in [0.1, 0.15) is 6.10 Å². The summed E-state index contributed by atoms with van der Waals surface area (Å²) in [6.45, 7) is 6.14. The third-order valence-electron chi connectivity index (χ3n) is 1.88. The Morgan fingerprint density at radius 3 is 2.64 bits per heavy atom. The SMILES string of the molecule is CC[C@@H](O)[C@H]1COC(C)(C)O1. The molecule has 1 aliphatic heterocycles. The van der Waals surface area contributed by atoms with Gasteiger partial charge in [0.15, 0.2) is 5.79 Å². The molecule has 0 amide bonds. The number of hydrogen-bond acceptors (Lipinski definition) is 3. The number of aliphatic hydroxyl groups is 1. The van der Waals surface area contributed by atoms with Crippen molar-refractivity contribution >= 4 is 0 Å². The standard InChI is InChI=1S/C8H16O3/c1-4-6(9)7-5-10-8(2,3)11-7/h6-7,9H,4-5H2,1-3H3/t6-,7-/m1/s1. The third-order valence-corrected chi connectivity index (χ3v) is 1.88. The predicted octanol–water partition coefficient (Wildman–Crippen LogP) is 0.909. The van der Waals surface area contributed by atoms with Gasteiger partial charge >= 0.3 is 0 Å². The minimum absolute atomic E-state index is 0.144. The highest BCUT2D eigenvalue weighted by atomic mass is 16.7. The fourth-order valence-electron chi connectivity index (χ4n) is 1.17. The molecule has 0 unspecified atom stereocenters. The van der Waals surface area contributed by atoms with Gasteiger partial charge in [-0.2, -0.15) is 0 Å². The van der Waals surface area contributed by atoms with E-state index in [0.717, 1.165) is 0 Å². The highest BCUT2D eigenvalue weighted by Crippen LogP contribution is 2.24. The number of aliphatic hydroxyl groups excluding tert-OH is 1. The van der Waals surface area contributed by atoms with E-state index in [4.69, 9.17) is 9.47 Å². The molecule has 3 heteroatoms. The Morgan fingerprint density at radius 1 is 1.64 bits per heavy atom. The molecular formula is C8H16O3. The molecule has 1 saturated heterocycles. The molecule has 1 aliphatic rings. The molecule has 0 aromatic heterocycles. The summed E-state index contributed by atoms with van der Waals surface area (Å²) in [7, 11) is 0. The fraction of sp³-hybridized carbons (Fsp3) is 1.00. The van der Waals surface area contributed by atoms with E-state index in [1.165, 1.54) is 0 Å². The van der Waals surface area contributed by atoms with Crippen LogP contribution in [0.4, 0.5) is 0 Å². The van der Waals surface area contributed by atoms with Crippen LogP contribution in [-0.2, 0) is 9.47 Å². The lowest BCUT2D eigenvalue weighted by molar-refractivity contribution is -0.151. The monoisotopic (exact) mass is 160 g/mol. The topological polar surface area (TPSA) is 38.7 Å². The second-order valence-electron chi connectivity index (χ2n) is 3.34. The Kier molecular flexibility index (Phi) is 2.52. The molecule has 0 spiro atoms. The van der Waals surface area contributed by atoms with Crippen LogP contribution in [0.5, 0.6) is 0 Å². The zero-order valence-electron chi connectivity index (χ0n) is 7.33. The molecule has 0 aromatic rings. The van der Waals surface area contributed by atoms with Gasteiger partial charge in [0.05, 0.1) is 12.7 Å². The van der Waals surface area contributed by atoms with E-state index in [-0.39, 0.29) is 6.10 Å². The smallest absolute Gasteiger partial charge is 0.163 e. The van der Waals surface area contributed by atoms with Gasteiger partial charge in [-0.3, -0.25) is 0 Å². The van der Waals surface area contributed by atoms with Crippen molar-refractivity contribution in [3.8, 4) is 0 Å². The first kappa shape index (κ1) is 8.97. The van der Waals surface area contributed by atoms with Gasteiger partial charge < -0.3 is 14.6 Å². The lowest BCUT2D eigenvalue weighted by Crippen LogP contribution is -2.29. The quantitative estimate of drug-likeness (QED) is 0.652. The molecule has 11 heavy (non-hydrogen) atoms. The lowest BCUT2D eigenvalue weighted by atomic mass is 10.2. The van der Waals surface area contributed by atoms with Crippen LogP contribution in [0.3, 0.4) is 0 Å². The van der Waals surface area contributed by atoms with E-state index < -0.39 is 11.9 Å². The van der Waals surface area contributed by atoms with E-state index >= 15 is 0 Å². The minimum atomic E-state index is -0.513. The first-order chi connectivity index (χ1) is 5.05. The summed E-state index contributed by atoms with van der Waals surface area (Å²) in [6, 6.07) is 0. The Hall–Kier alpha value is -0.120. The number of ether oxygens (including phenoxy) is 2. The van der Waals surface area contributed by atoms with E-state index in [0.29, 0.717) is 13.0 Å². The zero-order valence-corrected chi connectivity index (χ0v) is 7.33. The van der Waals surface area contributed by atoms with E-state index in [9.17, 15) is 5.11 Å². The summed E-state index contributed by atoms with van der Waals surface area (Å²) in [4.78, 5) is 0. The van der Waals surface area contributed by atoms with E-state index in [2.05, 4.69) is 0 Å². The van der Waals surface area contributed by atoms with Crippen LogP contribution in [-0.4, -0.2) is 29.7 Å². The molecule has 1 N–H and O–H groups in total. The van der Waals surface area contributed by atoms with Crippen molar-refractivity contribution < 1.29 is 14.6 Å². The maximum absolute atomic E-state index is 9.38. The molecule has 0 radical (unpaired) electrons. The first-order valence-electron chi connectivity index (χ1n) is 4.05. The van der Waals surface area contributed by atoms with Crippen molar-refractivity contribution in [2.75, 3.05) is 6.61 Å². The highest BCUT2D eigenvalue weighted by molar-refractivity contribution is 4.76. The summed E-state index contributed by atoms with van der Waals surface area (Å²) < 4.78 is 10.7. The van der Waals surface area contributed by atoms with E-state index in [1.807, 2.05) is 20.8 Å². The van der Waals surface area contributed by atoms with Crippen LogP contribution in [0, 0.1) is 0 Å². The minimum Gasteiger partial charge on any atom is -0.390 e. The van der Waals surface area contributed by atoms with Crippen molar-refractivity contribution in [1.82, 2.24) is 0 Å². The highest BCUT2D eigenvalue weighted by Gasteiger charge is 2.35. The van der Waals surface area contributed by atoms with Crippen LogP contribution < -0.4 is 0 Å². The van der Waals surface area contributed by atoms with Gasteiger partial charge in [-0.25, -0.2) is 0 Å². The van der Waals surface area contributed by atoms with Crippen LogP contribution in [0.1, 0.15) is 27.2 Å². The molecule has 0 bridgehead atoms. The summed E-state index contributed by atoms with van der Waals surface area (Å²) in [5, 5.41) is 9.38. The molecule has 2 atom stereocenters. The van der Waals surface area contributed by atoms with Crippen LogP contribution in [0.25, 0.3) is 0 Å². The average Bonchev–Trinajstić information content (AvgIpc) is 2.29. The Balaban J connectivity index is 2.41. The molecule has 66 valence electrons. The number of hydrogen-bond donors (Lipinski definition) is 1. The third kappa shape index (κ3) is 2.15. The van der Waals surface area contributed by atoms with Crippen molar-refractivity contribution in [3.63, 3.8) is 0 Å². The molecule has 0 aromatic carbocycles. The predicted molar refractivity (Wildman–Crippen MR) is 41.2 cm³/mol. The van der Waals surface area contributed by atoms with Crippen LogP contribution in [0.15, 0.2) is 0 Å². The van der Waals surface area contributed by atoms with Crippen molar-refractivity contribution in [2.24, 2.45) is 0 Å². The summed E-state index contributed by atoms with van der Waals surface area (Å²) in [5.41, 5.74) is 0. The molecular weight excluding hydrogens is 144 g/mol. The van der Waals surface area contributed by atoms with Crippen LogP contribution >= 0.6 is 0 Å². The zero-order chi connectivity index (χ0) is 8.48. The van der Waals surface area contributed by atoms with Crippen LogP contribution in [0.2, 0.25) is 0 Å². The number of rotatable bonds is 2.